The minimum absolute atomic E-state index is 0.0417. The lowest BCUT2D eigenvalue weighted by molar-refractivity contribution is 0.112. The lowest BCUT2D eigenvalue weighted by Crippen LogP contribution is -2.41. The molecular weight excluding hydrogens is 242 g/mol. The number of nitrogens with zero attached hydrogens (tertiary/aromatic N) is 2. The van der Waals surface area contributed by atoms with Crippen LogP contribution in [0.25, 0.3) is 0 Å². The van der Waals surface area contributed by atoms with E-state index in [1.54, 1.807) is 0 Å². The van der Waals surface area contributed by atoms with Crippen molar-refractivity contribution in [2.45, 2.75) is 32.2 Å². The van der Waals surface area contributed by atoms with E-state index in [1.807, 2.05) is 13.8 Å². The predicted octanol–water partition coefficient (Wildman–Crippen LogP) is 1.91. The zero-order valence-electron chi connectivity index (χ0n) is 9.90. The van der Waals surface area contributed by atoms with Crippen LogP contribution in [-0.4, -0.2) is 33.5 Å². The van der Waals surface area contributed by atoms with Crippen LogP contribution in [0.2, 0.25) is 5.15 Å². The average molecular weight is 258 g/mol. The van der Waals surface area contributed by atoms with Gasteiger partial charge in [-0.3, -0.25) is 4.79 Å². The van der Waals surface area contributed by atoms with Crippen molar-refractivity contribution in [2.75, 3.05) is 11.9 Å². The fraction of sp³-hybridized carbons (Fsp3) is 0.545. The molecule has 0 radical (unpaired) electrons. The van der Waals surface area contributed by atoms with Gasteiger partial charge in [-0.05, 0) is 12.8 Å². The zero-order valence-corrected chi connectivity index (χ0v) is 10.7. The molecule has 0 atom stereocenters. The van der Waals surface area contributed by atoms with E-state index in [-0.39, 0.29) is 17.3 Å². The number of nitrogens with one attached hydrogen (secondary N) is 1. The summed E-state index contributed by atoms with van der Waals surface area (Å²) in [4.78, 5) is 18.7. The summed E-state index contributed by atoms with van der Waals surface area (Å²) in [5, 5.41) is 12.6. The third kappa shape index (κ3) is 2.92. The number of aromatic nitrogens is 2. The maximum absolute atomic E-state index is 10.9. The molecule has 1 heterocycles. The second-order valence-corrected chi connectivity index (χ2v) is 4.17. The number of hydrogen-bond donors (Lipinski definition) is 2. The van der Waals surface area contributed by atoms with E-state index in [1.165, 1.54) is 6.33 Å². The van der Waals surface area contributed by atoms with Crippen LogP contribution in [-0.2, 0) is 0 Å². The third-order valence-electron chi connectivity index (χ3n) is 2.99. The molecule has 0 saturated carbocycles. The SMILES string of the molecule is CCC(CC)(CO)Nc1ncnc(Cl)c1C=O. The largest absolute Gasteiger partial charge is 0.394 e. The molecule has 0 spiro atoms. The number of hydrogen-bond acceptors (Lipinski definition) is 5. The van der Waals surface area contributed by atoms with Crippen molar-refractivity contribution in [3.63, 3.8) is 0 Å². The summed E-state index contributed by atoms with van der Waals surface area (Å²) in [7, 11) is 0. The summed E-state index contributed by atoms with van der Waals surface area (Å²) in [6, 6.07) is 0. The van der Waals surface area contributed by atoms with Crippen LogP contribution in [0.3, 0.4) is 0 Å². The molecular formula is C11H16ClN3O2. The molecule has 0 aliphatic carbocycles. The van der Waals surface area contributed by atoms with Gasteiger partial charge in [-0.1, -0.05) is 25.4 Å². The van der Waals surface area contributed by atoms with Crippen molar-refractivity contribution in [2.24, 2.45) is 0 Å². The van der Waals surface area contributed by atoms with Gasteiger partial charge >= 0.3 is 0 Å². The first-order valence-corrected chi connectivity index (χ1v) is 5.85. The zero-order chi connectivity index (χ0) is 12.9. The van der Waals surface area contributed by atoms with Gasteiger partial charge in [0.25, 0.3) is 0 Å². The van der Waals surface area contributed by atoms with Crippen molar-refractivity contribution in [3.05, 3.63) is 17.0 Å². The van der Waals surface area contributed by atoms with Gasteiger partial charge in [-0.25, -0.2) is 9.97 Å². The Morgan fingerprint density at radius 1 is 1.47 bits per heavy atom. The van der Waals surface area contributed by atoms with Gasteiger partial charge in [0.1, 0.15) is 17.3 Å². The van der Waals surface area contributed by atoms with Crippen LogP contribution in [0.4, 0.5) is 5.82 Å². The van der Waals surface area contributed by atoms with Gasteiger partial charge in [0.05, 0.1) is 17.7 Å². The average Bonchev–Trinajstić information content (AvgIpc) is 2.36. The van der Waals surface area contributed by atoms with Crippen LogP contribution in [0.1, 0.15) is 37.0 Å². The van der Waals surface area contributed by atoms with Crippen molar-refractivity contribution in [3.8, 4) is 0 Å². The Hall–Kier alpha value is -1.20. The minimum Gasteiger partial charge on any atom is -0.394 e. The molecule has 0 aromatic carbocycles. The molecule has 0 amide bonds. The van der Waals surface area contributed by atoms with Crippen molar-refractivity contribution in [1.29, 1.82) is 0 Å². The second kappa shape index (κ2) is 5.93. The third-order valence-corrected chi connectivity index (χ3v) is 3.29. The Balaban J connectivity index is 3.09. The predicted molar refractivity (Wildman–Crippen MR) is 66.5 cm³/mol. The summed E-state index contributed by atoms with van der Waals surface area (Å²) in [5.74, 6) is 0.359. The summed E-state index contributed by atoms with van der Waals surface area (Å²) in [5.41, 5.74) is -0.274. The Kier molecular flexibility index (Phi) is 4.84. The molecule has 0 unspecified atom stereocenters. The number of aliphatic hydroxyl groups is 1. The molecule has 0 saturated heterocycles. The first-order chi connectivity index (χ1) is 8.12. The molecule has 1 rings (SSSR count). The van der Waals surface area contributed by atoms with E-state index in [0.717, 1.165) is 0 Å². The van der Waals surface area contributed by atoms with E-state index in [2.05, 4.69) is 15.3 Å². The second-order valence-electron chi connectivity index (χ2n) is 3.82. The van der Waals surface area contributed by atoms with Crippen LogP contribution < -0.4 is 5.32 Å². The van der Waals surface area contributed by atoms with Crippen molar-refractivity contribution in [1.82, 2.24) is 9.97 Å². The van der Waals surface area contributed by atoms with Gasteiger partial charge < -0.3 is 10.4 Å². The highest BCUT2D eigenvalue weighted by Crippen LogP contribution is 2.24. The van der Waals surface area contributed by atoms with Crippen LogP contribution in [0, 0.1) is 0 Å². The van der Waals surface area contributed by atoms with Crippen molar-refractivity contribution >= 4 is 23.7 Å². The number of carbonyl (C=O) groups is 1. The number of aliphatic hydroxyl groups excluding tert-OH is 1. The van der Waals surface area contributed by atoms with Gasteiger partial charge in [0, 0.05) is 0 Å². The summed E-state index contributed by atoms with van der Waals surface area (Å²) >= 11 is 5.80. The fourth-order valence-corrected chi connectivity index (χ4v) is 1.70. The normalized spacial score (nSPS) is 11.3. The molecule has 94 valence electrons. The molecule has 17 heavy (non-hydrogen) atoms. The van der Waals surface area contributed by atoms with E-state index < -0.39 is 5.54 Å². The first kappa shape index (κ1) is 13.9. The molecule has 2 N–H and O–H groups in total. The maximum atomic E-state index is 10.9. The van der Waals surface area contributed by atoms with E-state index >= 15 is 0 Å². The summed E-state index contributed by atoms with van der Waals surface area (Å²) in [6.07, 6.45) is 3.31. The number of carbonyl (C=O) groups excluding carboxylic acids is 1. The highest BCUT2D eigenvalue weighted by Gasteiger charge is 2.26. The van der Waals surface area contributed by atoms with Crippen LogP contribution in [0.5, 0.6) is 0 Å². The quantitative estimate of drug-likeness (QED) is 0.601. The maximum Gasteiger partial charge on any atom is 0.156 e. The van der Waals surface area contributed by atoms with Gasteiger partial charge in [-0.2, -0.15) is 0 Å². The Bertz CT molecular complexity index is 386. The summed E-state index contributed by atoms with van der Waals surface area (Å²) < 4.78 is 0. The highest BCUT2D eigenvalue weighted by atomic mass is 35.5. The topological polar surface area (TPSA) is 75.1 Å². The fourth-order valence-electron chi connectivity index (χ4n) is 1.52. The monoisotopic (exact) mass is 257 g/mol. The Morgan fingerprint density at radius 3 is 2.59 bits per heavy atom. The number of halogens is 1. The summed E-state index contributed by atoms with van der Waals surface area (Å²) in [6.45, 7) is 3.87. The molecule has 5 nitrogen and oxygen atoms in total. The van der Waals surface area contributed by atoms with E-state index in [4.69, 9.17) is 11.6 Å². The highest BCUT2D eigenvalue weighted by molar-refractivity contribution is 6.32. The lowest BCUT2D eigenvalue weighted by atomic mass is 9.94. The number of aldehydes is 1. The lowest BCUT2D eigenvalue weighted by Gasteiger charge is -2.31. The smallest absolute Gasteiger partial charge is 0.156 e. The molecule has 0 aliphatic heterocycles. The van der Waals surface area contributed by atoms with E-state index in [0.29, 0.717) is 24.9 Å². The molecule has 0 fully saturated rings. The van der Waals surface area contributed by atoms with Crippen molar-refractivity contribution < 1.29 is 9.90 Å². The van der Waals surface area contributed by atoms with E-state index in [9.17, 15) is 9.90 Å². The number of rotatable bonds is 6. The van der Waals surface area contributed by atoms with Gasteiger partial charge in [0.2, 0.25) is 0 Å². The van der Waals surface area contributed by atoms with Crippen LogP contribution in [0.15, 0.2) is 6.33 Å². The molecule has 0 aliphatic rings. The first-order valence-electron chi connectivity index (χ1n) is 5.47. The molecule has 6 heteroatoms. The minimum atomic E-state index is -0.491. The molecule has 1 aromatic rings. The molecule has 1 aromatic heterocycles. The Labute approximate surface area is 105 Å². The molecule has 0 bridgehead atoms. The standard InChI is InChI=1S/C11H16ClN3O2/c1-3-11(4-2,6-17)15-10-8(5-16)9(12)13-7-14-10/h5,7,17H,3-4,6H2,1-2H3,(H,13,14,15). The van der Waals surface area contributed by atoms with Crippen LogP contribution >= 0.6 is 11.6 Å². The number of anilines is 1. The van der Waals surface area contributed by atoms with Gasteiger partial charge in [-0.15, -0.1) is 0 Å². The van der Waals surface area contributed by atoms with Gasteiger partial charge in [0.15, 0.2) is 6.29 Å². The Morgan fingerprint density at radius 2 is 2.12 bits per heavy atom.